The molecule has 1 heterocycles. The number of methoxy groups -OCH3 is 2. The van der Waals surface area contributed by atoms with Crippen LogP contribution in [0.25, 0.3) is 6.08 Å². The van der Waals surface area contributed by atoms with E-state index in [0.717, 1.165) is 11.1 Å². The zero-order valence-electron chi connectivity index (χ0n) is 16.8. The lowest BCUT2D eigenvalue weighted by atomic mass is 10.00. The molecular weight excluding hydrogens is 435 g/mol. The number of nitrogens with zero attached hydrogens (tertiary/aromatic N) is 2. The molecule has 0 aliphatic carbocycles. The average Bonchev–Trinajstić information content (AvgIpc) is 3.12. The van der Waals surface area contributed by atoms with E-state index in [1.807, 2.05) is 42.5 Å². The van der Waals surface area contributed by atoms with Gasteiger partial charge in [0, 0.05) is 5.56 Å². The normalized spacial score (nSPS) is 14.7. The summed E-state index contributed by atoms with van der Waals surface area (Å²) in [6.45, 7) is 0. The number of rotatable bonds is 5. The Bertz CT molecular complexity index is 1210. The molecule has 7 heteroatoms. The predicted octanol–water partition coefficient (Wildman–Crippen LogP) is 5.85. The summed E-state index contributed by atoms with van der Waals surface area (Å²) >= 11 is 12.2. The van der Waals surface area contributed by atoms with E-state index in [4.69, 9.17) is 32.7 Å². The summed E-state index contributed by atoms with van der Waals surface area (Å²) in [6.07, 6.45) is 1.79. The Morgan fingerprint density at radius 1 is 0.871 bits per heavy atom. The first-order valence-corrected chi connectivity index (χ1v) is 10.1. The number of ether oxygens (including phenoxy) is 2. The van der Waals surface area contributed by atoms with Crippen molar-refractivity contribution in [1.82, 2.24) is 0 Å². The minimum Gasteiger partial charge on any atom is -0.493 e. The van der Waals surface area contributed by atoms with Crippen molar-refractivity contribution in [3.63, 3.8) is 0 Å². The molecule has 0 spiro atoms. The molecule has 0 radical (unpaired) electrons. The molecule has 5 nitrogen and oxygen atoms in total. The van der Waals surface area contributed by atoms with E-state index >= 15 is 0 Å². The number of amides is 1. The highest BCUT2D eigenvalue weighted by atomic mass is 35.5. The predicted molar refractivity (Wildman–Crippen MR) is 124 cm³/mol. The molecule has 1 aliphatic rings. The summed E-state index contributed by atoms with van der Waals surface area (Å²) in [4.78, 5) is 13.4. The third-order valence-corrected chi connectivity index (χ3v) is 5.53. The first kappa shape index (κ1) is 21.0. The van der Waals surface area contributed by atoms with Crippen molar-refractivity contribution >= 4 is 46.6 Å². The molecule has 1 aliphatic heterocycles. The maximum absolute atomic E-state index is 13.4. The molecule has 4 rings (SSSR count). The fraction of sp³-hybridized carbons (Fsp3) is 0.0833. The van der Waals surface area contributed by atoms with Crippen LogP contribution in [-0.2, 0) is 4.79 Å². The summed E-state index contributed by atoms with van der Waals surface area (Å²) in [6, 6.07) is 20.0. The smallest absolute Gasteiger partial charge is 0.281 e. The molecule has 0 bridgehead atoms. The van der Waals surface area contributed by atoms with Crippen molar-refractivity contribution in [3.8, 4) is 11.5 Å². The summed E-state index contributed by atoms with van der Waals surface area (Å²) in [7, 11) is 3.14. The average molecular weight is 453 g/mol. The standard InChI is InChI=1S/C24H18Cl2N2O3/c1-30-21-11-8-15(13-22(21)31-2)12-18-23(16-6-4-3-5-7-16)27-28(24(18)29)17-9-10-19(25)20(26)14-17/h3-14H,1-2H3. The van der Waals surface area contributed by atoms with Crippen molar-refractivity contribution in [2.45, 2.75) is 0 Å². The number of hydrogen-bond acceptors (Lipinski definition) is 4. The zero-order valence-corrected chi connectivity index (χ0v) is 18.3. The molecule has 1 amide bonds. The number of anilines is 1. The first-order valence-electron chi connectivity index (χ1n) is 9.39. The maximum atomic E-state index is 13.4. The number of carbonyl (C=O) groups is 1. The number of hydrazone groups is 1. The molecule has 0 aromatic heterocycles. The number of carbonyl (C=O) groups excluding carboxylic acids is 1. The van der Waals surface area contributed by atoms with E-state index in [-0.39, 0.29) is 5.91 Å². The van der Waals surface area contributed by atoms with Gasteiger partial charge >= 0.3 is 0 Å². The minimum absolute atomic E-state index is 0.271. The Morgan fingerprint density at radius 2 is 1.61 bits per heavy atom. The maximum Gasteiger partial charge on any atom is 0.281 e. The van der Waals surface area contributed by atoms with Crippen LogP contribution >= 0.6 is 23.2 Å². The van der Waals surface area contributed by atoms with Crippen LogP contribution < -0.4 is 14.5 Å². The van der Waals surface area contributed by atoms with Gasteiger partial charge in [-0.1, -0.05) is 59.6 Å². The summed E-state index contributed by atoms with van der Waals surface area (Å²) in [5.74, 6) is 0.908. The Labute approximate surface area is 190 Å². The lowest BCUT2D eigenvalue weighted by molar-refractivity contribution is -0.114. The number of hydrogen-bond donors (Lipinski definition) is 0. The highest BCUT2D eigenvalue weighted by Gasteiger charge is 2.32. The Balaban J connectivity index is 1.82. The van der Waals surface area contributed by atoms with Crippen LogP contribution in [0.2, 0.25) is 10.0 Å². The van der Waals surface area contributed by atoms with Crippen LogP contribution in [0.3, 0.4) is 0 Å². The van der Waals surface area contributed by atoms with Crippen molar-refractivity contribution in [2.75, 3.05) is 19.2 Å². The van der Waals surface area contributed by atoms with Crippen LogP contribution in [0.1, 0.15) is 11.1 Å². The SMILES string of the molecule is COc1ccc(C=C2C(=O)N(c3ccc(Cl)c(Cl)c3)N=C2c2ccccc2)cc1OC. The molecule has 0 saturated carbocycles. The molecular formula is C24H18Cl2N2O3. The van der Waals surface area contributed by atoms with Crippen molar-refractivity contribution < 1.29 is 14.3 Å². The molecule has 0 saturated heterocycles. The monoisotopic (exact) mass is 452 g/mol. The fourth-order valence-electron chi connectivity index (χ4n) is 3.26. The van der Waals surface area contributed by atoms with Crippen LogP contribution in [0.15, 0.2) is 77.4 Å². The lowest BCUT2D eigenvalue weighted by Crippen LogP contribution is -2.21. The molecule has 3 aromatic carbocycles. The second-order valence-corrected chi connectivity index (χ2v) is 7.52. The fourth-order valence-corrected chi connectivity index (χ4v) is 3.55. The molecule has 156 valence electrons. The molecule has 31 heavy (non-hydrogen) atoms. The van der Waals surface area contributed by atoms with Gasteiger partial charge in [-0.25, -0.2) is 0 Å². The molecule has 0 fully saturated rings. The lowest BCUT2D eigenvalue weighted by Gasteiger charge is -2.12. The Kier molecular flexibility index (Phi) is 5.98. The minimum atomic E-state index is -0.271. The van der Waals surface area contributed by atoms with Crippen LogP contribution in [0.5, 0.6) is 11.5 Å². The Morgan fingerprint density at radius 3 is 2.29 bits per heavy atom. The van der Waals surface area contributed by atoms with Gasteiger partial charge in [0.2, 0.25) is 0 Å². The molecule has 3 aromatic rings. The quantitative estimate of drug-likeness (QED) is 0.456. The highest BCUT2D eigenvalue weighted by molar-refractivity contribution is 6.42. The van der Waals surface area contributed by atoms with Crippen LogP contribution in [0, 0.1) is 0 Å². The van der Waals surface area contributed by atoms with Gasteiger partial charge in [-0.3, -0.25) is 4.79 Å². The number of halogens is 2. The molecule has 0 unspecified atom stereocenters. The van der Waals surface area contributed by atoms with E-state index in [1.165, 1.54) is 5.01 Å². The van der Waals surface area contributed by atoms with Gasteiger partial charge in [-0.2, -0.15) is 10.1 Å². The number of benzene rings is 3. The van der Waals surface area contributed by atoms with Gasteiger partial charge in [-0.15, -0.1) is 0 Å². The van der Waals surface area contributed by atoms with E-state index < -0.39 is 0 Å². The zero-order chi connectivity index (χ0) is 22.0. The van der Waals surface area contributed by atoms with Crippen molar-refractivity contribution in [2.24, 2.45) is 5.10 Å². The van der Waals surface area contributed by atoms with Gasteiger partial charge in [0.25, 0.3) is 5.91 Å². The topological polar surface area (TPSA) is 51.1 Å². The summed E-state index contributed by atoms with van der Waals surface area (Å²) in [5.41, 5.74) is 3.14. The first-order chi connectivity index (χ1) is 15.0. The second kappa shape index (κ2) is 8.84. The van der Waals surface area contributed by atoms with Gasteiger partial charge in [0.1, 0.15) is 5.71 Å². The van der Waals surface area contributed by atoms with E-state index in [1.54, 1.807) is 44.6 Å². The van der Waals surface area contributed by atoms with Gasteiger partial charge < -0.3 is 9.47 Å². The van der Waals surface area contributed by atoms with E-state index in [0.29, 0.717) is 38.5 Å². The van der Waals surface area contributed by atoms with Gasteiger partial charge in [0.05, 0.1) is 35.5 Å². The van der Waals surface area contributed by atoms with E-state index in [2.05, 4.69) is 5.10 Å². The third-order valence-electron chi connectivity index (χ3n) is 4.79. The third kappa shape index (κ3) is 4.15. The van der Waals surface area contributed by atoms with Crippen LogP contribution in [-0.4, -0.2) is 25.8 Å². The van der Waals surface area contributed by atoms with Gasteiger partial charge in [0.15, 0.2) is 11.5 Å². The second-order valence-electron chi connectivity index (χ2n) is 6.70. The van der Waals surface area contributed by atoms with Gasteiger partial charge in [-0.05, 0) is 42.0 Å². The highest BCUT2D eigenvalue weighted by Crippen LogP contribution is 2.33. The largest absolute Gasteiger partial charge is 0.493 e. The molecule has 0 atom stereocenters. The Hall–Kier alpha value is -3.28. The van der Waals surface area contributed by atoms with Crippen molar-refractivity contribution in [1.29, 1.82) is 0 Å². The molecule has 0 N–H and O–H groups in total. The van der Waals surface area contributed by atoms with Crippen molar-refractivity contribution in [3.05, 3.63) is 93.5 Å². The van der Waals surface area contributed by atoms with Crippen LogP contribution in [0.4, 0.5) is 5.69 Å². The summed E-state index contributed by atoms with van der Waals surface area (Å²) in [5, 5.41) is 6.69. The van der Waals surface area contributed by atoms with E-state index in [9.17, 15) is 4.79 Å². The summed E-state index contributed by atoms with van der Waals surface area (Å²) < 4.78 is 10.7.